The Morgan fingerprint density at radius 1 is 1.33 bits per heavy atom. The smallest absolute Gasteiger partial charge is 0.361 e. The molecule has 0 aliphatic heterocycles. The van der Waals surface area contributed by atoms with Gasteiger partial charge in [0.05, 0.1) is 0 Å². The Bertz CT molecular complexity index is 545. The van der Waals surface area contributed by atoms with Gasteiger partial charge in [-0.05, 0) is 13.0 Å². The molecule has 0 spiro atoms. The first-order valence-electron chi connectivity index (χ1n) is 5.36. The molecule has 0 saturated carbocycles. The van der Waals surface area contributed by atoms with Gasteiger partial charge in [-0.1, -0.05) is 6.07 Å². The van der Waals surface area contributed by atoms with E-state index in [0.29, 0.717) is 0 Å². The van der Waals surface area contributed by atoms with Crippen molar-refractivity contribution in [3.63, 3.8) is 0 Å². The van der Waals surface area contributed by atoms with Crippen molar-refractivity contribution in [1.29, 1.82) is 0 Å². The third-order valence-corrected chi connectivity index (χ3v) is 2.36. The predicted octanol–water partition coefficient (Wildman–Crippen LogP) is 1.37. The van der Waals surface area contributed by atoms with E-state index < -0.39 is 12.1 Å². The minimum absolute atomic E-state index is 0.0215. The van der Waals surface area contributed by atoms with E-state index >= 15 is 0 Å². The Labute approximate surface area is 104 Å². The number of ether oxygens (including phenoxy) is 1. The minimum atomic E-state index is -0.600. The molecule has 6 heteroatoms. The number of carbonyl (C=O) groups excluding carboxylic acids is 1. The second kappa shape index (κ2) is 5.22. The van der Waals surface area contributed by atoms with Crippen molar-refractivity contribution in [2.24, 2.45) is 0 Å². The van der Waals surface area contributed by atoms with Gasteiger partial charge in [-0.25, -0.2) is 14.8 Å². The quantitative estimate of drug-likeness (QED) is 0.820. The third-order valence-electron chi connectivity index (χ3n) is 2.36. The van der Waals surface area contributed by atoms with Crippen LogP contribution in [-0.4, -0.2) is 20.9 Å². The zero-order chi connectivity index (χ0) is 13.0. The van der Waals surface area contributed by atoms with Crippen LogP contribution < -0.4 is 5.73 Å². The minimum Gasteiger partial charge on any atom is -0.453 e. The highest BCUT2D eigenvalue weighted by atomic mass is 16.5. The molecule has 92 valence electrons. The Hall–Kier alpha value is -2.50. The molecular weight excluding hydrogens is 232 g/mol. The van der Waals surface area contributed by atoms with E-state index in [1.165, 1.54) is 12.4 Å². The zero-order valence-corrected chi connectivity index (χ0v) is 9.78. The molecule has 2 aromatic rings. The summed E-state index contributed by atoms with van der Waals surface area (Å²) in [6.07, 6.45) is 5.67. The molecule has 0 aliphatic carbocycles. The monoisotopic (exact) mass is 244 g/mol. The largest absolute Gasteiger partial charge is 0.453 e. The first-order valence-corrected chi connectivity index (χ1v) is 5.36. The van der Waals surface area contributed by atoms with E-state index in [-0.39, 0.29) is 11.5 Å². The van der Waals surface area contributed by atoms with Crippen LogP contribution in [0.5, 0.6) is 0 Å². The molecule has 0 aromatic carbocycles. The topological polar surface area (TPSA) is 91.0 Å². The molecule has 6 nitrogen and oxygen atoms in total. The van der Waals surface area contributed by atoms with Gasteiger partial charge in [0, 0.05) is 30.4 Å². The maximum Gasteiger partial charge on any atom is 0.361 e. The molecule has 2 heterocycles. The predicted molar refractivity (Wildman–Crippen MR) is 64.5 cm³/mol. The number of hydrogen-bond acceptors (Lipinski definition) is 6. The molecule has 0 fully saturated rings. The van der Waals surface area contributed by atoms with Crippen LogP contribution in [0.1, 0.15) is 29.1 Å². The van der Waals surface area contributed by atoms with Crippen molar-refractivity contribution in [3.8, 4) is 0 Å². The lowest BCUT2D eigenvalue weighted by atomic mass is 10.2. The number of anilines is 1. The molecule has 0 amide bonds. The van der Waals surface area contributed by atoms with Gasteiger partial charge >= 0.3 is 5.97 Å². The van der Waals surface area contributed by atoms with Crippen molar-refractivity contribution in [1.82, 2.24) is 15.0 Å². The fraction of sp³-hybridized carbons (Fsp3) is 0.167. The highest BCUT2D eigenvalue weighted by Crippen LogP contribution is 2.17. The van der Waals surface area contributed by atoms with Crippen LogP contribution in [0.15, 0.2) is 36.9 Å². The molecule has 0 unspecified atom stereocenters. The van der Waals surface area contributed by atoms with Crippen LogP contribution in [0.4, 0.5) is 5.82 Å². The van der Waals surface area contributed by atoms with Gasteiger partial charge in [-0.3, -0.25) is 4.98 Å². The summed E-state index contributed by atoms with van der Waals surface area (Å²) in [5.41, 5.74) is 6.37. The Kier molecular flexibility index (Phi) is 3.47. The number of pyridine rings is 1. The van der Waals surface area contributed by atoms with Gasteiger partial charge in [-0.15, -0.1) is 0 Å². The summed E-state index contributed by atoms with van der Waals surface area (Å²) in [5, 5.41) is 0. The summed E-state index contributed by atoms with van der Waals surface area (Å²) >= 11 is 0. The lowest BCUT2D eigenvalue weighted by Gasteiger charge is -2.12. The molecule has 2 aromatic heterocycles. The van der Waals surface area contributed by atoms with Gasteiger partial charge < -0.3 is 10.5 Å². The van der Waals surface area contributed by atoms with Gasteiger partial charge in [0.15, 0.2) is 11.5 Å². The van der Waals surface area contributed by atoms with Crippen molar-refractivity contribution < 1.29 is 9.53 Å². The van der Waals surface area contributed by atoms with E-state index in [9.17, 15) is 4.79 Å². The summed E-state index contributed by atoms with van der Waals surface area (Å²) in [4.78, 5) is 23.4. The number of nitrogens with zero attached hydrogens (tertiary/aromatic N) is 3. The second-order valence-electron chi connectivity index (χ2n) is 3.62. The molecule has 0 bridgehead atoms. The highest BCUT2D eigenvalue weighted by Gasteiger charge is 2.17. The summed E-state index contributed by atoms with van der Waals surface area (Å²) in [6.45, 7) is 1.75. The first-order chi connectivity index (χ1) is 8.68. The van der Waals surface area contributed by atoms with Crippen molar-refractivity contribution in [2.75, 3.05) is 5.73 Å². The van der Waals surface area contributed by atoms with Crippen LogP contribution in [0, 0.1) is 0 Å². The van der Waals surface area contributed by atoms with Crippen molar-refractivity contribution in [3.05, 3.63) is 48.2 Å². The molecule has 0 saturated heterocycles. The maximum atomic E-state index is 11.8. The van der Waals surface area contributed by atoms with Crippen LogP contribution in [0.25, 0.3) is 0 Å². The summed E-state index contributed by atoms with van der Waals surface area (Å²) in [5.74, 6) is -0.544. The van der Waals surface area contributed by atoms with Gasteiger partial charge in [0.25, 0.3) is 0 Å². The van der Waals surface area contributed by atoms with E-state index in [1.54, 1.807) is 25.4 Å². The molecular formula is C12H12N4O2. The van der Waals surface area contributed by atoms with Crippen molar-refractivity contribution >= 4 is 11.8 Å². The van der Waals surface area contributed by atoms with Gasteiger partial charge in [-0.2, -0.15) is 0 Å². The van der Waals surface area contributed by atoms with Crippen LogP contribution >= 0.6 is 0 Å². The van der Waals surface area contributed by atoms with E-state index in [0.717, 1.165) is 5.56 Å². The number of esters is 1. The molecule has 2 rings (SSSR count). The standard InChI is InChI=1S/C12H12N4O2/c1-8(9-3-2-4-14-7-9)18-12(17)10-11(13)16-6-5-15-10/h2-8H,1H3,(H2,13,16)/t8-/m1/s1. The van der Waals surface area contributed by atoms with Crippen LogP contribution in [-0.2, 0) is 4.74 Å². The van der Waals surface area contributed by atoms with E-state index in [4.69, 9.17) is 10.5 Å². The average molecular weight is 244 g/mol. The number of nitrogen functional groups attached to an aromatic ring is 1. The fourth-order valence-electron chi connectivity index (χ4n) is 1.41. The number of rotatable bonds is 3. The fourth-order valence-corrected chi connectivity index (χ4v) is 1.41. The van der Waals surface area contributed by atoms with E-state index in [1.807, 2.05) is 6.07 Å². The normalized spacial score (nSPS) is 11.8. The SMILES string of the molecule is C[C@@H](OC(=O)c1nccnc1N)c1cccnc1. The lowest BCUT2D eigenvalue weighted by molar-refractivity contribution is 0.0331. The van der Waals surface area contributed by atoms with Gasteiger partial charge in [0.2, 0.25) is 0 Å². The summed E-state index contributed by atoms with van der Waals surface area (Å²) in [6, 6.07) is 3.60. The molecule has 2 N–H and O–H groups in total. The molecule has 0 aliphatic rings. The molecule has 1 atom stereocenters. The average Bonchev–Trinajstić information content (AvgIpc) is 2.40. The highest BCUT2D eigenvalue weighted by molar-refractivity contribution is 5.91. The number of nitrogens with two attached hydrogens (primary N) is 1. The molecule has 0 radical (unpaired) electrons. The Morgan fingerprint density at radius 3 is 2.78 bits per heavy atom. The lowest BCUT2D eigenvalue weighted by Crippen LogP contribution is -2.13. The van der Waals surface area contributed by atoms with E-state index in [2.05, 4.69) is 15.0 Å². The summed E-state index contributed by atoms with van der Waals surface area (Å²) in [7, 11) is 0. The van der Waals surface area contributed by atoms with Crippen LogP contribution in [0.2, 0.25) is 0 Å². The molecule has 18 heavy (non-hydrogen) atoms. The van der Waals surface area contributed by atoms with Crippen molar-refractivity contribution in [2.45, 2.75) is 13.0 Å². The summed E-state index contributed by atoms with van der Waals surface area (Å²) < 4.78 is 5.24. The first kappa shape index (κ1) is 12.0. The Morgan fingerprint density at radius 2 is 2.11 bits per heavy atom. The van der Waals surface area contributed by atoms with Crippen LogP contribution in [0.3, 0.4) is 0 Å². The number of hydrogen-bond donors (Lipinski definition) is 1. The third kappa shape index (κ3) is 2.60. The Balaban J connectivity index is 2.11. The maximum absolute atomic E-state index is 11.8. The zero-order valence-electron chi connectivity index (χ0n) is 9.78. The number of aromatic nitrogens is 3. The second-order valence-corrected chi connectivity index (χ2v) is 3.62. The van der Waals surface area contributed by atoms with Gasteiger partial charge in [0.1, 0.15) is 6.10 Å². The number of carbonyl (C=O) groups is 1.